The summed E-state index contributed by atoms with van der Waals surface area (Å²) in [5.41, 5.74) is 6.08. The zero-order valence-corrected chi connectivity index (χ0v) is 12.3. The monoisotopic (exact) mass is 309 g/mol. The summed E-state index contributed by atoms with van der Waals surface area (Å²) in [4.78, 5) is 10.9. The molecule has 0 aliphatic rings. The van der Waals surface area contributed by atoms with E-state index in [1.165, 1.54) is 0 Å². The Morgan fingerprint density at radius 1 is 1.52 bits per heavy atom. The molecule has 0 saturated carbocycles. The van der Waals surface area contributed by atoms with Crippen molar-refractivity contribution in [2.24, 2.45) is 5.73 Å². The number of nitrogens with two attached hydrogens (primary N) is 1. The number of aromatic nitrogens is 1. The number of halogens is 1. The Balaban J connectivity index is 1.84. The number of carbonyl (C=O) groups is 1. The number of hydrogen-bond acceptors (Lipinski definition) is 5. The van der Waals surface area contributed by atoms with Crippen LogP contribution in [0.4, 0.5) is 0 Å². The molecule has 0 aliphatic heterocycles. The molecular formula is C14H16ClN3O3. The third-order valence-corrected chi connectivity index (χ3v) is 3.06. The lowest BCUT2D eigenvalue weighted by atomic mass is 10.2. The van der Waals surface area contributed by atoms with E-state index in [-0.39, 0.29) is 0 Å². The highest BCUT2D eigenvalue weighted by atomic mass is 35.5. The van der Waals surface area contributed by atoms with E-state index in [9.17, 15) is 4.79 Å². The molecule has 0 bridgehead atoms. The van der Waals surface area contributed by atoms with Crippen LogP contribution in [0.25, 0.3) is 0 Å². The first-order valence-electron chi connectivity index (χ1n) is 6.40. The number of nitrogens with zero attached hydrogens (tertiary/aromatic N) is 1. The third kappa shape index (κ3) is 4.77. The lowest BCUT2D eigenvalue weighted by Gasteiger charge is -2.06. The van der Waals surface area contributed by atoms with Crippen molar-refractivity contribution in [3.63, 3.8) is 0 Å². The number of hydrogen-bond donors (Lipinski definition) is 2. The maximum absolute atomic E-state index is 10.9. The Labute approximate surface area is 127 Å². The summed E-state index contributed by atoms with van der Waals surface area (Å²) in [5, 5.41) is 7.36. The molecule has 0 fully saturated rings. The van der Waals surface area contributed by atoms with Gasteiger partial charge in [-0.15, -0.1) is 0 Å². The average molecular weight is 310 g/mol. The summed E-state index contributed by atoms with van der Waals surface area (Å²) in [7, 11) is 0. The normalized spacial score (nSPS) is 12.1. The highest BCUT2D eigenvalue weighted by Gasteiger charge is 2.10. The lowest BCUT2D eigenvalue weighted by Crippen LogP contribution is -2.38. The summed E-state index contributed by atoms with van der Waals surface area (Å²) in [6.07, 6.45) is 0. The molecule has 112 valence electrons. The van der Waals surface area contributed by atoms with Gasteiger partial charge in [-0.05, 0) is 29.8 Å². The summed E-state index contributed by atoms with van der Waals surface area (Å²) >= 11 is 5.89. The molecule has 0 radical (unpaired) electrons. The van der Waals surface area contributed by atoms with Crippen molar-refractivity contribution in [1.82, 2.24) is 10.5 Å². The van der Waals surface area contributed by atoms with Crippen LogP contribution in [-0.2, 0) is 17.9 Å². The number of ether oxygens (including phenoxy) is 1. The van der Waals surface area contributed by atoms with E-state index in [4.69, 9.17) is 26.6 Å². The topological polar surface area (TPSA) is 90.4 Å². The van der Waals surface area contributed by atoms with Gasteiger partial charge in [-0.1, -0.05) is 23.7 Å². The molecule has 21 heavy (non-hydrogen) atoms. The van der Waals surface area contributed by atoms with Crippen LogP contribution in [0.2, 0.25) is 5.02 Å². The van der Waals surface area contributed by atoms with E-state index < -0.39 is 11.9 Å². The van der Waals surface area contributed by atoms with Gasteiger partial charge < -0.3 is 15.0 Å². The number of amides is 1. The van der Waals surface area contributed by atoms with E-state index in [1.807, 2.05) is 18.2 Å². The minimum absolute atomic E-state index is 0.345. The van der Waals surface area contributed by atoms with Crippen molar-refractivity contribution in [2.45, 2.75) is 26.1 Å². The molecule has 6 nitrogen and oxygen atoms in total. The highest BCUT2D eigenvalue weighted by molar-refractivity contribution is 6.30. The molecule has 3 N–H and O–H groups in total. The maximum atomic E-state index is 10.9. The second-order valence-corrected chi connectivity index (χ2v) is 4.99. The Kier molecular flexibility index (Phi) is 5.19. The van der Waals surface area contributed by atoms with Crippen LogP contribution in [0.3, 0.4) is 0 Å². The summed E-state index contributed by atoms with van der Waals surface area (Å²) < 4.78 is 10.6. The van der Waals surface area contributed by atoms with Gasteiger partial charge in [-0.25, -0.2) is 0 Å². The van der Waals surface area contributed by atoms with Gasteiger partial charge in [-0.3, -0.25) is 10.1 Å². The number of rotatable bonds is 7. The van der Waals surface area contributed by atoms with E-state index in [0.717, 1.165) is 5.56 Å². The van der Waals surface area contributed by atoms with Crippen molar-refractivity contribution < 1.29 is 14.1 Å². The van der Waals surface area contributed by atoms with Crippen molar-refractivity contribution in [3.8, 4) is 5.88 Å². The molecule has 1 aromatic carbocycles. The number of carbonyl (C=O) groups excluding carboxylic acids is 1. The molecule has 2 rings (SSSR count). The number of primary amides is 1. The first kappa shape index (κ1) is 15.3. The second kappa shape index (κ2) is 7.10. The quantitative estimate of drug-likeness (QED) is 0.815. The van der Waals surface area contributed by atoms with E-state index >= 15 is 0 Å². The van der Waals surface area contributed by atoms with Crippen molar-refractivity contribution >= 4 is 17.5 Å². The molecule has 1 unspecified atom stereocenters. The SMILES string of the molecule is CC(NCc1cc(OCc2cccc(Cl)c2)no1)C(N)=O. The fourth-order valence-electron chi connectivity index (χ4n) is 1.58. The molecule has 0 aliphatic carbocycles. The lowest BCUT2D eigenvalue weighted by molar-refractivity contribution is -0.119. The average Bonchev–Trinajstić information content (AvgIpc) is 2.90. The largest absolute Gasteiger partial charge is 0.471 e. The van der Waals surface area contributed by atoms with Crippen LogP contribution in [-0.4, -0.2) is 17.1 Å². The first-order valence-corrected chi connectivity index (χ1v) is 6.78. The Morgan fingerprint density at radius 2 is 2.33 bits per heavy atom. The minimum Gasteiger partial charge on any atom is -0.471 e. The molecule has 0 spiro atoms. The minimum atomic E-state index is -0.439. The molecule has 1 amide bonds. The summed E-state index contributed by atoms with van der Waals surface area (Å²) in [6.45, 7) is 2.37. The highest BCUT2D eigenvalue weighted by Crippen LogP contribution is 2.15. The van der Waals surface area contributed by atoms with Crippen molar-refractivity contribution in [3.05, 3.63) is 46.7 Å². The van der Waals surface area contributed by atoms with Crippen LogP contribution in [0.15, 0.2) is 34.9 Å². The van der Waals surface area contributed by atoms with Crippen LogP contribution < -0.4 is 15.8 Å². The zero-order chi connectivity index (χ0) is 15.2. The molecule has 2 aromatic rings. The zero-order valence-electron chi connectivity index (χ0n) is 11.5. The molecule has 1 aromatic heterocycles. The number of benzene rings is 1. The molecule has 1 heterocycles. The Morgan fingerprint density at radius 3 is 3.05 bits per heavy atom. The fraction of sp³-hybridized carbons (Fsp3) is 0.286. The molecule has 1 atom stereocenters. The Hall–Kier alpha value is -2.05. The second-order valence-electron chi connectivity index (χ2n) is 4.56. The molecule has 0 saturated heterocycles. The van der Waals surface area contributed by atoms with Crippen molar-refractivity contribution in [1.29, 1.82) is 0 Å². The van der Waals surface area contributed by atoms with Crippen LogP contribution in [0.1, 0.15) is 18.2 Å². The summed E-state index contributed by atoms with van der Waals surface area (Å²) in [6, 6.07) is 8.59. The predicted octanol–water partition coefficient (Wildman–Crippen LogP) is 1.87. The van der Waals surface area contributed by atoms with E-state index in [2.05, 4.69) is 10.5 Å². The van der Waals surface area contributed by atoms with E-state index in [0.29, 0.717) is 29.8 Å². The fourth-order valence-corrected chi connectivity index (χ4v) is 1.80. The van der Waals surface area contributed by atoms with Gasteiger partial charge >= 0.3 is 0 Å². The Bertz CT molecular complexity index is 615. The van der Waals surface area contributed by atoms with Gasteiger partial charge in [0.25, 0.3) is 5.88 Å². The van der Waals surface area contributed by atoms with Gasteiger partial charge in [0, 0.05) is 11.1 Å². The van der Waals surface area contributed by atoms with Crippen LogP contribution in [0.5, 0.6) is 5.88 Å². The van der Waals surface area contributed by atoms with Gasteiger partial charge in [0.05, 0.1) is 12.6 Å². The van der Waals surface area contributed by atoms with Gasteiger partial charge in [0.1, 0.15) is 6.61 Å². The third-order valence-electron chi connectivity index (χ3n) is 2.82. The van der Waals surface area contributed by atoms with Crippen LogP contribution in [0, 0.1) is 0 Å². The number of nitrogens with one attached hydrogen (secondary N) is 1. The van der Waals surface area contributed by atoms with Gasteiger partial charge in [0.15, 0.2) is 5.76 Å². The summed E-state index contributed by atoms with van der Waals surface area (Å²) in [5.74, 6) is 0.509. The maximum Gasteiger partial charge on any atom is 0.254 e. The van der Waals surface area contributed by atoms with Crippen molar-refractivity contribution in [2.75, 3.05) is 0 Å². The molecule has 7 heteroatoms. The standard InChI is InChI=1S/C14H16ClN3O3/c1-9(14(16)19)17-7-12-6-13(18-21-12)20-8-10-3-2-4-11(15)5-10/h2-6,9,17H,7-8H2,1H3,(H2,16,19). The van der Waals surface area contributed by atoms with Gasteiger partial charge in [-0.2, -0.15) is 0 Å². The van der Waals surface area contributed by atoms with Gasteiger partial charge in [0.2, 0.25) is 5.91 Å². The predicted molar refractivity (Wildman–Crippen MR) is 77.8 cm³/mol. The van der Waals surface area contributed by atoms with Crippen LogP contribution >= 0.6 is 11.6 Å². The van der Waals surface area contributed by atoms with E-state index in [1.54, 1.807) is 19.1 Å². The molecular weight excluding hydrogens is 294 g/mol. The smallest absolute Gasteiger partial charge is 0.254 e. The first-order chi connectivity index (χ1) is 10.0.